The Hall–Kier alpha value is -1.86. The Morgan fingerprint density at radius 2 is 1.94 bits per heavy atom. The molecule has 94 valence electrons. The maximum Gasteiger partial charge on any atom is 0.424 e. The van der Waals surface area contributed by atoms with Gasteiger partial charge in [0, 0.05) is 7.05 Å². The van der Waals surface area contributed by atoms with Crippen LogP contribution < -0.4 is 0 Å². The average molecular weight is 250 g/mol. The van der Waals surface area contributed by atoms with Crippen molar-refractivity contribution in [2.75, 3.05) is 14.2 Å². The predicted molar refractivity (Wildman–Crippen MR) is 51.0 cm³/mol. The van der Waals surface area contributed by atoms with Crippen LogP contribution in [0.5, 0.6) is 0 Å². The molecule has 0 aromatic rings. The molecule has 1 aliphatic rings. The number of hydrogen-bond acceptors (Lipinski definition) is 4. The summed E-state index contributed by atoms with van der Waals surface area (Å²) < 4.78 is 42.1. The number of ether oxygens (including phenoxy) is 1. The SMILES string of the molecule is COC(=O)/C(=C1/C(=O)N(C)N=C1C)C(F)(F)F. The molecule has 0 saturated heterocycles. The Bertz CT molecular complexity index is 437. The number of halogens is 3. The van der Waals surface area contributed by atoms with E-state index in [-0.39, 0.29) is 5.71 Å². The Labute approximate surface area is 94.5 Å². The molecule has 1 amide bonds. The molecule has 0 unspecified atom stereocenters. The van der Waals surface area contributed by atoms with Crippen molar-refractivity contribution in [1.82, 2.24) is 5.01 Å². The van der Waals surface area contributed by atoms with Gasteiger partial charge in [-0.05, 0) is 6.92 Å². The highest BCUT2D eigenvalue weighted by molar-refractivity contribution is 6.27. The van der Waals surface area contributed by atoms with Gasteiger partial charge in [-0.15, -0.1) is 0 Å². The molecule has 8 heteroatoms. The molecular weight excluding hydrogens is 241 g/mol. The Morgan fingerprint density at radius 3 is 2.24 bits per heavy atom. The first-order valence-electron chi connectivity index (χ1n) is 4.43. The molecule has 5 nitrogen and oxygen atoms in total. The van der Waals surface area contributed by atoms with Crippen molar-refractivity contribution in [1.29, 1.82) is 0 Å². The van der Waals surface area contributed by atoms with Crippen LogP contribution >= 0.6 is 0 Å². The van der Waals surface area contributed by atoms with Crippen LogP contribution in [0.15, 0.2) is 16.2 Å². The van der Waals surface area contributed by atoms with Crippen LogP contribution in [-0.2, 0) is 14.3 Å². The maximum atomic E-state index is 12.7. The van der Waals surface area contributed by atoms with E-state index in [0.717, 1.165) is 12.1 Å². The number of amides is 1. The summed E-state index contributed by atoms with van der Waals surface area (Å²) in [5.74, 6) is -2.59. The number of nitrogens with zero attached hydrogens (tertiary/aromatic N) is 2. The second-order valence-electron chi connectivity index (χ2n) is 3.25. The number of methoxy groups -OCH3 is 1. The highest BCUT2D eigenvalue weighted by Crippen LogP contribution is 2.32. The molecule has 0 saturated carbocycles. The van der Waals surface area contributed by atoms with Gasteiger partial charge in [0.1, 0.15) is 0 Å². The molecule has 1 heterocycles. The van der Waals surface area contributed by atoms with E-state index < -0.39 is 29.2 Å². The number of hydrogen-bond donors (Lipinski definition) is 0. The summed E-state index contributed by atoms with van der Waals surface area (Å²) in [5, 5.41) is 4.27. The standard InChI is InChI=1S/C9H9F3N2O3/c1-4-5(7(15)14(2)13-4)6(8(16)17-3)9(10,11)12/h1-3H3/b6-5-. The fraction of sp³-hybridized carbons (Fsp3) is 0.444. The highest BCUT2D eigenvalue weighted by Gasteiger charge is 2.46. The minimum absolute atomic E-state index is 0.171. The number of carbonyl (C=O) groups excluding carboxylic acids is 2. The van der Waals surface area contributed by atoms with Crippen molar-refractivity contribution in [2.24, 2.45) is 5.10 Å². The molecule has 0 bridgehead atoms. The van der Waals surface area contributed by atoms with Crippen LogP contribution in [0.3, 0.4) is 0 Å². The zero-order chi connectivity index (χ0) is 13.4. The van der Waals surface area contributed by atoms with Gasteiger partial charge in [-0.25, -0.2) is 9.80 Å². The van der Waals surface area contributed by atoms with E-state index in [1.165, 1.54) is 14.0 Å². The molecule has 1 aliphatic heterocycles. The highest BCUT2D eigenvalue weighted by atomic mass is 19.4. The fourth-order valence-electron chi connectivity index (χ4n) is 1.39. The summed E-state index contributed by atoms with van der Waals surface area (Å²) in [4.78, 5) is 22.6. The van der Waals surface area contributed by atoms with E-state index in [1.807, 2.05) is 0 Å². The van der Waals surface area contributed by atoms with Crippen molar-refractivity contribution in [2.45, 2.75) is 13.1 Å². The summed E-state index contributed by atoms with van der Waals surface area (Å²) in [5.41, 5.74) is -2.57. The van der Waals surface area contributed by atoms with E-state index in [1.54, 1.807) is 0 Å². The van der Waals surface area contributed by atoms with E-state index in [2.05, 4.69) is 9.84 Å². The van der Waals surface area contributed by atoms with Crippen LogP contribution in [0, 0.1) is 0 Å². The van der Waals surface area contributed by atoms with E-state index in [9.17, 15) is 22.8 Å². The minimum atomic E-state index is -4.97. The maximum absolute atomic E-state index is 12.7. The summed E-state index contributed by atoms with van der Waals surface area (Å²) in [6.45, 7) is 1.21. The number of esters is 1. The molecule has 0 fully saturated rings. The van der Waals surface area contributed by atoms with Gasteiger partial charge in [-0.2, -0.15) is 18.3 Å². The second-order valence-corrected chi connectivity index (χ2v) is 3.25. The van der Waals surface area contributed by atoms with Gasteiger partial charge >= 0.3 is 12.1 Å². The average Bonchev–Trinajstić information content (AvgIpc) is 2.43. The third-order valence-corrected chi connectivity index (χ3v) is 2.09. The number of alkyl halides is 3. The molecule has 0 aromatic heterocycles. The molecular formula is C9H9F3N2O3. The molecule has 17 heavy (non-hydrogen) atoms. The first-order chi connectivity index (χ1) is 7.70. The first-order valence-corrected chi connectivity index (χ1v) is 4.43. The molecule has 0 spiro atoms. The Morgan fingerprint density at radius 1 is 1.41 bits per heavy atom. The van der Waals surface area contributed by atoms with Crippen molar-refractivity contribution < 1.29 is 27.5 Å². The van der Waals surface area contributed by atoms with Gasteiger partial charge < -0.3 is 4.74 Å². The van der Waals surface area contributed by atoms with Gasteiger partial charge in [0.05, 0.1) is 18.4 Å². The lowest BCUT2D eigenvalue weighted by Gasteiger charge is -2.12. The molecule has 0 aromatic carbocycles. The van der Waals surface area contributed by atoms with Gasteiger partial charge in [-0.3, -0.25) is 4.79 Å². The smallest absolute Gasteiger partial charge is 0.424 e. The topological polar surface area (TPSA) is 59.0 Å². The quantitative estimate of drug-likeness (QED) is 0.512. The zero-order valence-corrected chi connectivity index (χ0v) is 9.25. The second kappa shape index (κ2) is 4.19. The first kappa shape index (κ1) is 13.2. The molecule has 0 aliphatic carbocycles. The van der Waals surface area contributed by atoms with E-state index in [4.69, 9.17) is 0 Å². The van der Waals surface area contributed by atoms with Crippen LogP contribution in [0.2, 0.25) is 0 Å². The van der Waals surface area contributed by atoms with Gasteiger partial charge in [0.2, 0.25) is 0 Å². The summed E-state index contributed by atoms with van der Waals surface area (Å²) in [7, 11) is 2.01. The van der Waals surface area contributed by atoms with E-state index >= 15 is 0 Å². The third kappa shape index (κ3) is 2.29. The molecule has 1 rings (SSSR count). The number of hydrazone groups is 1. The summed E-state index contributed by atoms with van der Waals surface area (Å²) in [6, 6.07) is 0. The lowest BCUT2D eigenvalue weighted by Crippen LogP contribution is -2.28. The van der Waals surface area contributed by atoms with Crippen molar-refractivity contribution in [3.05, 3.63) is 11.1 Å². The predicted octanol–water partition coefficient (Wildman–Crippen LogP) is 0.866. The van der Waals surface area contributed by atoms with Gasteiger partial charge in [0.15, 0.2) is 5.57 Å². The van der Waals surface area contributed by atoms with Gasteiger partial charge in [-0.1, -0.05) is 0 Å². The number of likely N-dealkylation sites (N-methyl/N-ethyl adjacent to an activating group) is 1. The third-order valence-electron chi connectivity index (χ3n) is 2.09. The lowest BCUT2D eigenvalue weighted by molar-refractivity contribution is -0.149. The van der Waals surface area contributed by atoms with Crippen molar-refractivity contribution in [3.8, 4) is 0 Å². The lowest BCUT2D eigenvalue weighted by atomic mass is 10.0. The summed E-state index contributed by atoms with van der Waals surface area (Å²) >= 11 is 0. The Kier molecular flexibility index (Phi) is 3.25. The largest absolute Gasteiger partial charge is 0.465 e. The monoisotopic (exact) mass is 250 g/mol. The van der Waals surface area contributed by atoms with E-state index in [0.29, 0.717) is 0 Å². The van der Waals surface area contributed by atoms with Crippen LogP contribution in [0.1, 0.15) is 6.92 Å². The normalized spacial score (nSPS) is 19.3. The zero-order valence-electron chi connectivity index (χ0n) is 9.25. The van der Waals surface area contributed by atoms with Crippen molar-refractivity contribution in [3.63, 3.8) is 0 Å². The number of carbonyl (C=O) groups is 2. The van der Waals surface area contributed by atoms with Crippen LogP contribution in [0.25, 0.3) is 0 Å². The van der Waals surface area contributed by atoms with Crippen molar-refractivity contribution >= 4 is 17.6 Å². The molecule has 0 radical (unpaired) electrons. The number of rotatable bonds is 1. The van der Waals surface area contributed by atoms with Gasteiger partial charge in [0.25, 0.3) is 5.91 Å². The Balaban J connectivity index is 3.46. The molecule has 0 atom stereocenters. The summed E-state index contributed by atoms with van der Waals surface area (Å²) in [6.07, 6.45) is -4.97. The minimum Gasteiger partial charge on any atom is -0.465 e. The fourth-order valence-corrected chi connectivity index (χ4v) is 1.39. The molecule has 0 N–H and O–H groups in total. The van der Waals surface area contributed by atoms with Crippen LogP contribution in [-0.4, -0.2) is 42.9 Å². The van der Waals surface area contributed by atoms with Crippen LogP contribution in [0.4, 0.5) is 13.2 Å².